The van der Waals surface area contributed by atoms with E-state index in [9.17, 15) is 27.9 Å². The fourth-order valence-electron chi connectivity index (χ4n) is 4.05. The molecule has 0 radical (unpaired) electrons. The summed E-state index contributed by atoms with van der Waals surface area (Å²) >= 11 is 0. The highest BCUT2D eigenvalue weighted by Gasteiger charge is 2.31. The first kappa shape index (κ1) is 22.4. The summed E-state index contributed by atoms with van der Waals surface area (Å²) in [4.78, 5) is 25.0. The van der Waals surface area contributed by atoms with Crippen molar-refractivity contribution in [2.75, 3.05) is 13.2 Å². The van der Waals surface area contributed by atoms with Crippen molar-refractivity contribution < 1.29 is 32.6 Å². The zero-order valence-electron chi connectivity index (χ0n) is 17.4. The molecule has 0 unspecified atom stereocenters. The van der Waals surface area contributed by atoms with Crippen LogP contribution in [-0.2, 0) is 22.3 Å². The number of ether oxygens (including phenoxy) is 1. The zero-order valence-corrected chi connectivity index (χ0v) is 17.4. The van der Waals surface area contributed by atoms with Crippen LogP contribution in [0.3, 0.4) is 0 Å². The van der Waals surface area contributed by atoms with Crippen LogP contribution in [0.4, 0.5) is 18.0 Å². The van der Waals surface area contributed by atoms with E-state index in [4.69, 9.17) is 4.74 Å². The number of alkyl halides is 3. The molecule has 0 aromatic heterocycles. The largest absolute Gasteiger partial charge is 0.480 e. The maximum atomic E-state index is 12.8. The van der Waals surface area contributed by atoms with E-state index in [1.54, 1.807) is 0 Å². The number of rotatable bonds is 6. The summed E-state index contributed by atoms with van der Waals surface area (Å²) in [5.74, 6) is -1.45. The molecular formula is C25H20F3NO4. The minimum absolute atomic E-state index is 0.00991. The van der Waals surface area contributed by atoms with Crippen molar-refractivity contribution in [1.29, 1.82) is 0 Å². The molecule has 170 valence electrons. The Morgan fingerprint density at radius 1 is 0.879 bits per heavy atom. The third-order valence-corrected chi connectivity index (χ3v) is 5.58. The second kappa shape index (κ2) is 8.97. The summed E-state index contributed by atoms with van der Waals surface area (Å²) in [6, 6.07) is 19.8. The number of nitrogens with zero attached hydrogens (tertiary/aromatic N) is 1. The Labute approximate surface area is 188 Å². The van der Waals surface area contributed by atoms with Gasteiger partial charge in [-0.15, -0.1) is 0 Å². The van der Waals surface area contributed by atoms with Crippen LogP contribution in [0.5, 0.6) is 0 Å². The van der Waals surface area contributed by atoms with E-state index in [0.717, 1.165) is 39.3 Å². The maximum Gasteiger partial charge on any atom is 0.416 e. The Morgan fingerprint density at radius 3 is 1.94 bits per heavy atom. The summed E-state index contributed by atoms with van der Waals surface area (Å²) < 4.78 is 43.8. The third-order valence-electron chi connectivity index (χ3n) is 5.58. The molecule has 1 aliphatic rings. The minimum Gasteiger partial charge on any atom is -0.480 e. The van der Waals surface area contributed by atoms with Crippen LogP contribution in [0.25, 0.3) is 11.1 Å². The van der Waals surface area contributed by atoms with Crippen LogP contribution in [0.2, 0.25) is 0 Å². The standard InChI is InChI=1S/C25H20F3NO4/c26-25(27,28)17-11-9-16(10-12-17)13-29(14-23(30)31)24(32)33-15-22-20-7-3-1-5-18(20)19-6-2-4-8-21(19)22/h1-12,22H,13-15H2,(H,30,31). The molecule has 4 rings (SSSR count). The van der Waals surface area contributed by atoms with Gasteiger partial charge in [0, 0.05) is 12.5 Å². The first-order chi connectivity index (χ1) is 15.7. The van der Waals surface area contributed by atoms with Gasteiger partial charge in [0.15, 0.2) is 0 Å². The van der Waals surface area contributed by atoms with E-state index >= 15 is 0 Å². The van der Waals surface area contributed by atoms with E-state index in [-0.39, 0.29) is 19.1 Å². The number of halogens is 3. The SMILES string of the molecule is O=C(O)CN(Cc1ccc(C(F)(F)F)cc1)C(=O)OCC1c2ccccc2-c2ccccc21. The van der Waals surface area contributed by atoms with Gasteiger partial charge < -0.3 is 9.84 Å². The van der Waals surface area contributed by atoms with E-state index in [0.29, 0.717) is 5.56 Å². The quantitative estimate of drug-likeness (QED) is 0.530. The highest BCUT2D eigenvalue weighted by atomic mass is 19.4. The zero-order chi connectivity index (χ0) is 23.6. The molecule has 1 N–H and O–H groups in total. The summed E-state index contributed by atoms with van der Waals surface area (Å²) in [5, 5.41) is 9.20. The van der Waals surface area contributed by atoms with Gasteiger partial charge in [0.25, 0.3) is 0 Å². The summed E-state index contributed by atoms with van der Waals surface area (Å²) in [5.41, 5.74) is 3.68. The lowest BCUT2D eigenvalue weighted by molar-refractivity contribution is -0.138. The second-order valence-electron chi connectivity index (χ2n) is 7.75. The molecule has 5 nitrogen and oxygen atoms in total. The predicted molar refractivity (Wildman–Crippen MR) is 115 cm³/mol. The molecule has 0 bridgehead atoms. The van der Waals surface area contributed by atoms with Crippen molar-refractivity contribution >= 4 is 12.1 Å². The fourth-order valence-corrected chi connectivity index (χ4v) is 4.05. The summed E-state index contributed by atoms with van der Waals surface area (Å²) in [6.45, 7) is -0.825. The van der Waals surface area contributed by atoms with Crippen LogP contribution >= 0.6 is 0 Å². The smallest absolute Gasteiger partial charge is 0.416 e. The van der Waals surface area contributed by atoms with Gasteiger partial charge in [-0.3, -0.25) is 9.69 Å². The first-order valence-corrected chi connectivity index (χ1v) is 10.2. The lowest BCUT2D eigenvalue weighted by Gasteiger charge is -2.22. The second-order valence-corrected chi connectivity index (χ2v) is 7.75. The van der Waals surface area contributed by atoms with Crippen LogP contribution < -0.4 is 0 Å². The number of benzene rings is 3. The number of fused-ring (bicyclic) bond motifs is 3. The van der Waals surface area contributed by atoms with Crippen molar-refractivity contribution in [3.63, 3.8) is 0 Å². The maximum absolute atomic E-state index is 12.8. The molecule has 33 heavy (non-hydrogen) atoms. The average molecular weight is 455 g/mol. The van der Waals surface area contributed by atoms with Gasteiger partial charge in [0.2, 0.25) is 0 Å². The van der Waals surface area contributed by atoms with Crippen molar-refractivity contribution in [1.82, 2.24) is 4.90 Å². The number of carbonyl (C=O) groups excluding carboxylic acids is 1. The van der Waals surface area contributed by atoms with Gasteiger partial charge in [-0.25, -0.2) is 4.79 Å². The normalized spacial score (nSPS) is 12.7. The van der Waals surface area contributed by atoms with Crippen molar-refractivity contribution in [3.8, 4) is 11.1 Å². The molecule has 0 fully saturated rings. The number of carboxylic acids is 1. The molecule has 8 heteroatoms. The van der Waals surface area contributed by atoms with Crippen molar-refractivity contribution in [2.24, 2.45) is 0 Å². The summed E-state index contributed by atoms with van der Waals surface area (Å²) in [7, 11) is 0. The van der Waals surface area contributed by atoms with Crippen LogP contribution in [0.1, 0.15) is 28.2 Å². The average Bonchev–Trinajstić information content (AvgIpc) is 3.10. The monoisotopic (exact) mass is 455 g/mol. The van der Waals surface area contributed by atoms with Crippen LogP contribution in [0, 0.1) is 0 Å². The Morgan fingerprint density at radius 2 is 1.42 bits per heavy atom. The van der Waals surface area contributed by atoms with Gasteiger partial charge in [0.1, 0.15) is 13.2 Å². The number of aliphatic carboxylic acids is 1. The van der Waals surface area contributed by atoms with Gasteiger partial charge in [-0.2, -0.15) is 13.2 Å². The third kappa shape index (κ3) is 4.84. The molecule has 0 heterocycles. The Hall–Kier alpha value is -3.81. The Bertz CT molecular complexity index is 1130. The van der Waals surface area contributed by atoms with Gasteiger partial charge in [-0.1, -0.05) is 60.7 Å². The summed E-state index contributed by atoms with van der Waals surface area (Å²) in [6.07, 6.45) is -5.33. The number of carboxylic acid groups (broad SMARTS) is 1. The molecule has 0 atom stereocenters. The molecule has 0 spiro atoms. The van der Waals surface area contributed by atoms with Crippen molar-refractivity contribution in [3.05, 3.63) is 95.1 Å². The van der Waals surface area contributed by atoms with Gasteiger partial charge >= 0.3 is 18.2 Å². The number of carbonyl (C=O) groups is 2. The highest BCUT2D eigenvalue weighted by Crippen LogP contribution is 2.44. The molecule has 1 amide bonds. The van der Waals surface area contributed by atoms with Gasteiger partial charge in [0.05, 0.1) is 5.56 Å². The lowest BCUT2D eigenvalue weighted by Crippen LogP contribution is -2.36. The topological polar surface area (TPSA) is 66.8 Å². The van der Waals surface area contributed by atoms with E-state index < -0.39 is 30.3 Å². The predicted octanol–water partition coefficient (Wildman–Crippen LogP) is 5.54. The van der Waals surface area contributed by atoms with E-state index in [1.807, 2.05) is 48.5 Å². The fraction of sp³-hybridized carbons (Fsp3) is 0.200. The number of amides is 1. The molecule has 1 aliphatic carbocycles. The molecule has 3 aromatic rings. The van der Waals surface area contributed by atoms with Crippen molar-refractivity contribution in [2.45, 2.75) is 18.6 Å². The molecule has 0 saturated heterocycles. The molecule has 0 saturated carbocycles. The van der Waals surface area contributed by atoms with E-state index in [1.165, 1.54) is 12.1 Å². The number of hydrogen-bond donors (Lipinski definition) is 1. The number of hydrogen-bond acceptors (Lipinski definition) is 3. The van der Waals surface area contributed by atoms with Gasteiger partial charge in [-0.05, 0) is 39.9 Å². The lowest BCUT2D eigenvalue weighted by atomic mass is 9.98. The Kier molecular flexibility index (Phi) is 6.09. The first-order valence-electron chi connectivity index (χ1n) is 10.2. The Balaban J connectivity index is 1.49. The molecular weight excluding hydrogens is 435 g/mol. The molecule has 3 aromatic carbocycles. The minimum atomic E-state index is -4.48. The van der Waals surface area contributed by atoms with Crippen LogP contribution in [0.15, 0.2) is 72.8 Å². The van der Waals surface area contributed by atoms with Crippen LogP contribution in [-0.4, -0.2) is 35.2 Å². The molecule has 0 aliphatic heterocycles. The highest BCUT2D eigenvalue weighted by molar-refractivity contribution is 5.79. The van der Waals surface area contributed by atoms with E-state index in [2.05, 4.69) is 0 Å².